The number of hydrogen-bond donors (Lipinski definition) is 1. The van der Waals surface area contributed by atoms with Gasteiger partial charge in [0, 0.05) is 18.7 Å². The molecular weight excluding hydrogens is 138 g/mol. The highest BCUT2D eigenvalue weighted by Gasteiger charge is 2.26. The van der Waals surface area contributed by atoms with Crippen molar-refractivity contribution in [1.29, 1.82) is 0 Å². The molecule has 3 nitrogen and oxygen atoms in total. The first-order valence-electron chi connectivity index (χ1n) is 3.92. The number of nitrogens with two attached hydrogens (primary N) is 1. The molecule has 0 radical (unpaired) electrons. The second kappa shape index (κ2) is 2.58. The minimum absolute atomic E-state index is 0.516. The summed E-state index contributed by atoms with van der Waals surface area (Å²) < 4.78 is 0. The van der Waals surface area contributed by atoms with Crippen LogP contribution in [-0.2, 0) is 6.54 Å². The Labute approximate surface area is 65.7 Å². The van der Waals surface area contributed by atoms with Gasteiger partial charge in [-0.15, -0.1) is 0 Å². The molecule has 11 heavy (non-hydrogen) atoms. The van der Waals surface area contributed by atoms with Crippen LogP contribution in [0.2, 0.25) is 0 Å². The highest BCUT2D eigenvalue weighted by atomic mass is 14.9. The summed E-state index contributed by atoms with van der Waals surface area (Å²) >= 11 is 0. The molecule has 58 valence electrons. The number of nitrogens with zero attached hydrogens (tertiary/aromatic N) is 2. The number of aromatic nitrogens is 2. The van der Waals surface area contributed by atoms with Gasteiger partial charge in [0.25, 0.3) is 0 Å². The van der Waals surface area contributed by atoms with Gasteiger partial charge in [-0.3, -0.25) is 0 Å². The van der Waals surface area contributed by atoms with E-state index in [0.29, 0.717) is 12.5 Å². The number of hydrogen-bond acceptors (Lipinski definition) is 3. The molecule has 0 aromatic carbocycles. The normalized spacial score (nSPS) is 16.8. The van der Waals surface area contributed by atoms with Crippen LogP contribution in [0.3, 0.4) is 0 Å². The maximum Gasteiger partial charge on any atom is 0.131 e. The van der Waals surface area contributed by atoms with Crippen molar-refractivity contribution in [3.05, 3.63) is 23.8 Å². The summed E-state index contributed by atoms with van der Waals surface area (Å²) in [5.74, 6) is 1.61. The van der Waals surface area contributed by atoms with E-state index in [1.54, 1.807) is 6.20 Å². The van der Waals surface area contributed by atoms with E-state index in [9.17, 15) is 0 Å². The van der Waals surface area contributed by atoms with Crippen molar-refractivity contribution in [2.45, 2.75) is 25.3 Å². The third-order valence-electron chi connectivity index (χ3n) is 1.88. The quantitative estimate of drug-likeness (QED) is 0.677. The van der Waals surface area contributed by atoms with E-state index in [1.165, 1.54) is 12.8 Å². The molecule has 0 atom stereocenters. The molecule has 1 aromatic rings. The number of rotatable bonds is 2. The summed E-state index contributed by atoms with van der Waals surface area (Å²) in [6, 6.07) is 1.87. The zero-order valence-electron chi connectivity index (χ0n) is 6.33. The Morgan fingerprint density at radius 3 is 3.00 bits per heavy atom. The summed E-state index contributed by atoms with van der Waals surface area (Å²) in [6.07, 6.45) is 4.28. The molecule has 1 aliphatic carbocycles. The fourth-order valence-electron chi connectivity index (χ4n) is 1.06. The minimum atomic E-state index is 0.516. The molecule has 0 spiro atoms. The van der Waals surface area contributed by atoms with E-state index in [0.717, 1.165) is 11.5 Å². The van der Waals surface area contributed by atoms with Crippen LogP contribution in [0.1, 0.15) is 30.3 Å². The molecule has 1 heterocycles. The van der Waals surface area contributed by atoms with Gasteiger partial charge in [0.2, 0.25) is 0 Å². The first-order valence-corrected chi connectivity index (χ1v) is 3.92. The van der Waals surface area contributed by atoms with Gasteiger partial charge in [-0.05, 0) is 18.9 Å². The third-order valence-corrected chi connectivity index (χ3v) is 1.88. The van der Waals surface area contributed by atoms with Gasteiger partial charge in [-0.1, -0.05) is 0 Å². The molecular formula is C8H11N3. The molecule has 1 saturated carbocycles. The van der Waals surface area contributed by atoms with E-state index in [-0.39, 0.29) is 0 Å². The van der Waals surface area contributed by atoms with E-state index >= 15 is 0 Å². The Hall–Kier alpha value is -0.960. The monoisotopic (exact) mass is 149 g/mol. The van der Waals surface area contributed by atoms with E-state index in [2.05, 4.69) is 9.97 Å². The molecule has 0 amide bonds. The summed E-state index contributed by atoms with van der Waals surface area (Å²) in [4.78, 5) is 8.50. The van der Waals surface area contributed by atoms with Gasteiger partial charge >= 0.3 is 0 Å². The molecule has 1 aliphatic rings. The van der Waals surface area contributed by atoms with Gasteiger partial charge in [0.05, 0.1) is 5.69 Å². The topological polar surface area (TPSA) is 51.8 Å². The third kappa shape index (κ3) is 1.38. The van der Waals surface area contributed by atoms with Crippen LogP contribution in [0.5, 0.6) is 0 Å². The fraction of sp³-hybridized carbons (Fsp3) is 0.500. The maximum atomic E-state index is 5.45. The highest BCUT2D eigenvalue weighted by Crippen LogP contribution is 2.37. The predicted octanol–water partition coefficient (Wildman–Crippen LogP) is 0.813. The van der Waals surface area contributed by atoms with Crippen molar-refractivity contribution in [2.24, 2.45) is 5.73 Å². The molecule has 0 unspecified atom stereocenters. The molecule has 1 fully saturated rings. The van der Waals surface area contributed by atoms with Gasteiger partial charge in [0.15, 0.2) is 0 Å². The zero-order chi connectivity index (χ0) is 7.68. The van der Waals surface area contributed by atoms with Gasteiger partial charge in [-0.2, -0.15) is 0 Å². The average Bonchev–Trinajstić information content (AvgIpc) is 2.87. The summed E-state index contributed by atoms with van der Waals surface area (Å²) in [5.41, 5.74) is 6.40. The fourth-order valence-corrected chi connectivity index (χ4v) is 1.06. The molecule has 2 N–H and O–H groups in total. The van der Waals surface area contributed by atoms with Crippen LogP contribution in [0.15, 0.2) is 12.3 Å². The van der Waals surface area contributed by atoms with Crippen LogP contribution in [0.4, 0.5) is 0 Å². The van der Waals surface area contributed by atoms with Crippen molar-refractivity contribution in [2.75, 3.05) is 0 Å². The van der Waals surface area contributed by atoms with Crippen LogP contribution >= 0.6 is 0 Å². The van der Waals surface area contributed by atoms with Crippen molar-refractivity contribution >= 4 is 0 Å². The van der Waals surface area contributed by atoms with Gasteiger partial charge in [0.1, 0.15) is 5.82 Å². The Bertz CT molecular complexity index is 255. The minimum Gasteiger partial charge on any atom is -0.325 e. The molecule has 2 rings (SSSR count). The lowest BCUT2D eigenvalue weighted by atomic mass is 10.3. The summed E-state index contributed by atoms with van der Waals surface area (Å²) in [7, 11) is 0. The predicted molar refractivity (Wildman–Crippen MR) is 41.9 cm³/mol. The second-order valence-electron chi connectivity index (χ2n) is 2.88. The van der Waals surface area contributed by atoms with Crippen LogP contribution in [-0.4, -0.2) is 9.97 Å². The Morgan fingerprint density at radius 2 is 2.36 bits per heavy atom. The molecule has 0 saturated heterocycles. The lowest BCUT2D eigenvalue weighted by molar-refractivity contribution is 0.867. The largest absolute Gasteiger partial charge is 0.325 e. The zero-order valence-corrected chi connectivity index (χ0v) is 6.33. The molecule has 1 aromatic heterocycles. The van der Waals surface area contributed by atoms with E-state index in [4.69, 9.17) is 5.73 Å². The highest BCUT2D eigenvalue weighted by molar-refractivity contribution is 5.09. The standard InChI is InChI=1S/C8H11N3/c9-5-7-3-4-10-8(11-7)6-1-2-6/h3-4,6H,1-2,5,9H2. The van der Waals surface area contributed by atoms with E-state index < -0.39 is 0 Å². The second-order valence-corrected chi connectivity index (χ2v) is 2.88. The smallest absolute Gasteiger partial charge is 0.131 e. The lowest BCUT2D eigenvalue weighted by Gasteiger charge is -1.98. The molecule has 0 bridgehead atoms. The van der Waals surface area contributed by atoms with Crippen LogP contribution in [0, 0.1) is 0 Å². The average molecular weight is 149 g/mol. The lowest BCUT2D eigenvalue weighted by Crippen LogP contribution is -2.02. The van der Waals surface area contributed by atoms with Crippen LogP contribution < -0.4 is 5.73 Å². The Kier molecular flexibility index (Phi) is 1.58. The Balaban J connectivity index is 2.26. The van der Waals surface area contributed by atoms with Crippen molar-refractivity contribution in [3.8, 4) is 0 Å². The maximum absolute atomic E-state index is 5.45. The SMILES string of the molecule is NCc1ccnc(C2CC2)n1. The van der Waals surface area contributed by atoms with Crippen LogP contribution in [0.25, 0.3) is 0 Å². The first-order chi connectivity index (χ1) is 5.40. The van der Waals surface area contributed by atoms with E-state index in [1.807, 2.05) is 6.07 Å². The van der Waals surface area contributed by atoms with Crippen molar-refractivity contribution in [1.82, 2.24) is 9.97 Å². The Morgan fingerprint density at radius 1 is 1.55 bits per heavy atom. The van der Waals surface area contributed by atoms with Gasteiger partial charge in [-0.25, -0.2) is 9.97 Å². The summed E-state index contributed by atoms with van der Waals surface area (Å²) in [5, 5.41) is 0. The summed E-state index contributed by atoms with van der Waals surface area (Å²) in [6.45, 7) is 0.516. The van der Waals surface area contributed by atoms with Gasteiger partial charge < -0.3 is 5.73 Å². The van der Waals surface area contributed by atoms with Crippen molar-refractivity contribution < 1.29 is 0 Å². The molecule has 3 heteroatoms. The van der Waals surface area contributed by atoms with Crippen molar-refractivity contribution in [3.63, 3.8) is 0 Å². The molecule has 0 aliphatic heterocycles. The first kappa shape index (κ1) is 6.73.